The SMILES string of the molecule is C[N+](C)(C)C[C@H](O)CC(=O)[O-].O=C1NS(=O)(=O)c2ccccc21. The number of carboxylic acid groups (broad SMARTS) is 1. The van der Waals surface area contributed by atoms with E-state index in [1.54, 1.807) is 12.1 Å². The van der Waals surface area contributed by atoms with E-state index in [0.717, 1.165) is 0 Å². The molecule has 1 aromatic rings. The third kappa shape index (κ3) is 5.97. The van der Waals surface area contributed by atoms with Gasteiger partial charge in [0.15, 0.2) is 0 Å². The Balaban J connectivity index is 0.000000232. The van der Waals surface area contributed by atoms with Crippen molar-refractivity contribution in [3.8, 4) is 0 Å². The number of aliphatic hydroxyl groups excluding tert-OH is 1. The summed E-state index contributed by atoms with van der Waals surface area (Å²) < 4.78 is 24.7. The molecule has 0 saturated heterocycles. The minimum absolute atomic E-state index is 0.0648. The van der Waals surface area contributed by atoms with Gasteiger partial charge in [0, 0.05) is 12.4 Å². The molecule has 1 aromatic carbocycles. The third-order valence-corrected chi connectivity index (χ3v) is 4.20. The zero-order chi connectivity index (χ0) is 17.8. The Kier molecular flexibility index (Phi) is 5.86. The molecule has 0 unspecified atom stereocenters. The number of nitrogens with zero attached hydrogens (tertiary/aromatic N) is 1. The topological polar surface area (TPSA) is 124 Å². The molecule has 0 aliphatic carbocycles. The van der Waals surface area contributed by atoms with Gasteiger partial charge in [0.1, 0.15) is 17.5 Å². The van der Waals surface area contributed by atoms with Crippen LogP contribution >= 0.6 is 0 Å². The quantitative estimate of drug-likeness (QED) is 0.628. The molecule has 0 aromatic heterocycles. The molecule has 23 heavy (non-hydrogen) atoms. The Labute approximate surface area is 135 Å². The molecule has 1 heterocycles. The normalized spacial score (nSPS) is 16.6. The first-order valence-electron chi connectivity index (χ1n) is 6.77. The molecule has 1 aliphatic heterocycles. The summed E-state index contributed by atoms with van der Waals surface area (Å²) in [6.45, 7) is 0.425. The van der Waals surface area contributed by atoms with Crippen LogP contribution in [0.3, 0.4) is 0 Å². The monoisotopic (exact) mass is 344 g/mol. The Morgan fingerprint density at radius 1 is 1.30 bits per heavy atom. The van der Waals surface area contributed by atoms with Gasteiger partial charge < -0.3 is 19.5 Å². The van der Waals surface area contributed by atoms with Gasteiger partial charge in [-0.15, -0.1) is 0 Å². The molecule has 1 atom stereocenters. The lowest BCUT2D eigenvalue weighted by atomic mass is 10.2. The van der Waals surface area contributed by atoms with Gasteiger partial charge in [0.05, 0.1) is 26.7 Å². The van der Waals surface area contributed by atoms with Gasteiger partial charge in [-0.25, -0.2) is 13.1 Å². The van der Waals surface area contributed by atoms with E-state index < -0.39 is 28.0 Å². The Hall–Kier alpha value is -1.97. The van der Waals surface area contributed by atoms with Crippen molar-refractivity contribution in [1.29, 1.82) is 0 Å². The van der Waals surface area contributed by atoms with Gasteiger partial charge in [0.25, 0.3) is 15.9 Å². The number of sulfonamides is 1. The Morgan fingerprint density at radius 2 is 1.87 bits per heavy atom. The second-order valence-corrected chi connectivity index (χ2v) is 7.78. The van der Waals surface area contributed by atoms with E-state index in [-0.39, 0.29) is 16.9 Å². The predicted octanol–water partition coefficient (Wildman–Crippen LogP) is -1.69. The highest BCUT2D eigenvalue weighted by Crippen LogP contribution is 2.20. The van der Waals surface area contributed by atoms with Crippen LogP contribution in [0.2, 0.25) is 0 Å². The summed E-state index contributed by atoms with van der Waals surface area (Å²) in [6, 6.07) is 6.09. The van der Waals surface area contributed by atoms with E-state index in [9.17, 15) is 23.1 Å². The zero-order valence-electron chi connectivity index (χ0n) is 13.1. The van der Waals surface area contributed by atoms with E-state index in [4.69, 9.17) is 5.11 Å². The first-order valence-corrected chi connectivity index (χ1v) is 8.25. The van der Waals surface area contributed by atoms with E-state index in [1.807, 2.05) is 25.9 Å². The molecule has 1 amide bonds. The number of hydrogen-bond donors (Lipinski definition) is 2. The maximum Gasteiger partial charge on any atom is 0.266 e. The van der Waals surface area contributed by atoms with Crippen molar-refractivity contribution < 1.29 is 32.7 Å². The molecule has 0 fully saturated rings. The van der Waals surface area contributed by atoms with Crippen LogP contribution in [-0.2, 0) is 14.8 Å². The van der Waals surface area contributed by atoms with Crippen LogP contribution in [0.5, 0.6) is 0 Å². The molecule has 0 spiro atoms. The second-order valence-electron chi connectivity index (χ2n) is 6.13. The fourth-order valence-corrected chi connectivity index (χ4v) is 3.18. The summed E-state index contributed by atoms with van der Waals surface area (Å²) in [6.07, 6.45) is -1.09. The fourth-order valence-electron chi connectivity index (χ4n) is 2.01. The van der Waals surface area contributed by atoms with Crippen molar-refractivity contribution >= 4 is 21.9 Å². The van der Waals surface area contributed by atoms with Crippen LogP contribution in [-0.4, -0.2) is 63.7 Å². The van der Waals surface area contributed by atoms with E-state index >= 15 is 0 Å². The van der Waals surface area contributed by atoms with Crippen LogP contribution in [0, 0.1) is 0 Å². The lowest BCUT2D eigenvalue weighted by Gasteiger charge is -2.26. The molecule has 1 aliphatic rings. The molecule has 2 N–H and O–H groups in total. The number of amides is 1. The molecule has 0 bridgehead atoms. The van der Waals surface area contributed by atoms with E-state index in [0.29, 0.717) is 11.0 Å². The second kappa shape index (κ2) is 7.07. The van der Waals surface area contributed by atoms with Gasteiger partial charge in [-0.2, -0.15) is 0 Å². The van der Waals surface area contributed by atoms with Crippen molar-refractivity contribution in [2.45, 2.75) is 17.4 Å². The molecule has 2 rings (SSSR count). The molecule has 0 radical (unpaired) electrons. The first-order chi connectivity index (χ1) is 10.4. The minimum Gasteiger partial charge on any atom is -0.550 e. The highest BCUT2D eigenvalue weighted by Gasteiger charge is 2.31. The zero-order valence-corrected chi connectivity index (χ0v) is 14.0. The van der Waals surface area contributed by atoms with Crippen molar-refractivity contribution in [1.82, 2.24) is 4.72 Å². The highest BCUT2D eigenvalue weighted by atomic mass is 32.2. The number of carbonyl (C=O) groups is 2. The van der Waals surface area contributed by atoms with Gasteiger partial charge in [-0.05, 0) is 12.1 Å². The van der Waals surface area contributed by atoms with Crippen LogP contribution in [0.1, 0.15) is 16.8 Å². The summed E-state index contributed by atoms with van der Waals surface area (Å²) in [7, 11) is 2.11. The van der Waals surface area contributed by atoms with E-state index in [1.165, 1.54) is 12.1 Å². The lowest BCUT2D eigenvalue weighted by molar-refractivity contribution is -0.873. The van der Waals surface area contributed by atoms with Crippen LogP contribution in [0.25, 0.3) is 0 Å². The number of benzene rings is 1. The average Bonchev–Trinajstić information content (AvgIpc) is 2.58. The Bertz CT molecular complexity index is 693. The number of likely N-dealkylation sites (N-methyl/N-ethyl adjacent to an activating group) is 1. The summed E-state index contributed by atoms with van der Waals surface area (Å²) >= 11 is 0. The summed E-state index contributed by atoms with van der Waals surface area (Å²) in [5.74, 6) is -1.75. The van der Waals surface area contributed by atoms with Gasteiger partial charge in [-0.3, -0.25) is 4.79 Å². The lowest BCUT2D eigenvalue weighted by Crippen LogP contribution is -2.43. The fraction of sp³-hybridized carbons (Fsp3) is 0.429. The predicted molar refractivity (Wildman–Crippen MR) is 79.6 cm³/mol. The van der Waals surface area contributed by atoms with E-state index in [2.05, 4.69) is 0 Å². The van der Waals surface area contributed by atoms with Crippen LogP contribution in [0.4, 0.5) is 0 Å². The maximum absolute atomic E-state index is 11.1. The Morgan fingerprint density at radius 3 is 2.35 bits per heavy atom. The molecular formula is C14H20N2O6S. The van der Waals surface area contributed by atoms with Crippen molar-refractivity contribution in [2.24, 2.45) is 0 Å². The van der Waals surface area contributed by atoms with Crippen LogP contribution in [0.15, 0.2) is 29.2 Å². The summed E-state index contributed by atoms with van der Waals surface area (Å²) in [5, 5.41) is 19.1. The summed E-state index contributed by atoms with van der Waals surface area (Å²) in [5.41, 5.74) is 0.220. The van der Waals surface area contributed by atoms with Crippen LogP contribution < -0.4 is 9.83 Å². The number of carbonyl (C=O) groups excluding carboxylic acids is 2. The number of aliphatic hydroxyl groups is 1. The first kappa shape index (κ1) is 19.1. The van der Waals surface area contributed by atoms with Crippen molar-refractivity contribution in [3.63, 3.8) is 0 Å². The largest absolute Gasteiger partial charge is 0.550 e. The number of quaternary nitrogens is 1. The number of rotatable bonds is 4. The maximum atomic E-state index is 11.1. The number of aliphatic carboxylic acids is 1. The standard InChI is InChI=1S/C7H5NO3S.C7H15NO3/c9-7-5-3-1-2-4-6(5)12(10,11)8-7;1-8(2,3)5-6(9)4-7(10)11/h1-4H,(H,8,9);6,9H,4-5H2,1-3H3/t;6-/m.1/s1. The highest BCUT2D eigenvalue weighted by molar-refractivity contribution is 7.90. The minimum atomic E-state index is -3.55. The third-order valence-electron chi connectivity index (χ3n) is 2.81. The van der Waals surface area contributed by atoms with Gasteiger partial charge >= 0.3 is 0 Å². The molecule has 9 heteroatoms. The molecule has 8 nitrogen and oxygen atoms in total. The van der Waals surface area contributed by atoms with Crippen molar-refractivity contribution in [2.75, 3.05) is 27.7 Å². The summed E-state index contributed by atoms with van der Waals surface area (Å²) in [4.78, 5) is 21.1. The number of fused-ring (bicyclic) bond motifs is 1. The number of carboxylic acids is 1. The molecule has 0 saturated carbocycles. The smallest absolute Gasteiger partial charge is 0.266 e. The average molecular weight is 344 g/mol. The van der Waals surface area contributed by atoms with Crippen molar-refractivity contribution in [3.05, 3.63) is 29.8 Å². The number of hydrogen-bond acceptors (Lipinski definition) is 6. The molecular weight excluding hydrogens is 324 g/mol. The van der Waals surface area contributed by atoms with Gasteiger partial charge in [0.2, 0.25) is 0 Å². The van der Waals surface area contributed by atoms with Gasteiger partial charge in [-0.1, -0.05) is 12.1 Å². The molecule has 128 valence electrons. The number of nitrogens with one attached hydrogen (secondary N) is 1.